The highest BCUT2D eigenvalue weighted by molar-refractivity contribution is 5.96. The molecule has 94 valence electrons. The molecule has 2 rings (SSSR count). The zero-order chi connectivity index (χ0) is 13.0. The Morgan fingerprint density at radius 3 is 3.06 bits per heavy atom. The third-order valence-corrected chi connectivity index (χ3v) is 2.42. The van der Waals surface area contributed by atoms with Crippen LogP contribution in [0, 0.1) is 5.82 Å². The van der Waals surface area contributed by atoms with Crippen LogP contribution in [0.2, 0.25) is 0 Å². The van der Waals surface area contributed by atoms with Crippen molar-refractivity contribution in [3.05, 3.63) is 48.3 Å². The SMILES string of the molecule is O=C(NCCn1ccnc1)c1cc(F)ccc1O. The summed E-state index contributed by atoms with van der Waals surface area (Å²) in [6.07, 6.45) is 5.04. The fraction of sp³-hybridized carbons (Fsp3) is 0.167. The molecular formula is C12H12FN3O2. The highest BCUT2D eigenvalue weighted by atomic mass is 19.1. The smallest absolute Gasteiger partial charge is 0.255 e. The van der Waals surface area contributed by atoms with Crippen molar-refractivity contribution in [2.75, 3.05) is 6.54 Å². The monoisotopic (exact) mass is 249 g/mol. The lowest BCUT2D eigenvalue weighted by molar-refractivity contribution is 0.0949. The molecule has 0 fully saturated rings. The molecule has 2 aromatic rings. The second-order valence-corrected chi connectivity index (χ2v) is 3.72. The quantitative estimate of drug-likeness (QED) is 0.854. The van der Waals surface area contributed by atoms with Gasteiger partial charge in [-0.3, -0.25) is 4.79 Å². The largest absolute Gasteiger partial charge is 0.507 e. The summed E-state index contributed by atoms with van der Waals surface area (Å²) in [6, 6.07) is 3.25. The van der Waals surface area contributed by atoms with Crippen LogP contribution in [-0.4, -0.2) is 27.1 Å². The number of rotatable bonds is 4. The summed E-state index contributed by atoms with van der Waals surface area (Å²) in [5, 5.41) is 12.0. The average molecular weight is 249 g/mol. The van der Waals surface area contributed by atoms with E-state index in [1.807, 2.05) is 0 Å². The Hall–Kier alpha value is -2.37. The van der Waals surface area contributed by atoms with Crippen LogP contribution < -0.4 is 5.32 Å². The van der Waals surface area contributed by atoms with Crippen molar-refractivity contribution in [1.82, 2.24) is 14.9 Å². The fourth-order valence-corrected chi connectivity index (χ4v) is 1.50. The zero-order valence-electron chi connectivity index (χ0n) is 9.51. The van der Waals surface area contributed by atoms with E-state index in [4.69, 9.17) is 0 Å². The molecule has 2 N–H and O–H groups in total. The molecule has 6 heteroatoms. The van der Waals surface area contributed by atoms with Gasteiger partial charge < -0.3 is 15.0 Å². The minimum Gasteiger partial charge on any atom is -0.507 e. The Balaban J connectivity index is 1.93. The molecule has 1 aromatic carbocycles. The summed E-state index contributed by atoms with van der Waals surface area (Å²) in [5.74, 6) is -1.31. The number of imidazole rings is 1. The fourth-order valence-electron chi connectivity index (χ4n) is 1.50. The summed E-state index contributed by atoms with van der Waals surface area (Å²) < 4.78 is 14.7. The van der Waals surface area contributed by atoms with Gasteiger partial charge in [-0.2, -0.15) is 0 Å². The van der Waals surface area contributed by atoms with Crippen LogP contribution in [0.3, 0.4) is 0 Å². The topological polar surface area (TPSA) is 67.2 Å². The van der Waals surface area contributed by atoms with Gasteiger partial charge in [0.1, 0.15) is 11.6 Å². The molecule has 5 nitrogen and oxygen atoms in total. The van der Waals surface area contributed by atoms with Gasteiger partial charge in [0.25, 0.3) is 5.91 Å². The minimum absolute atomic E-state index is 0.0689. The molecule has 0 saturated heterocycles. The highest BCUT2D eigenvalue weighted by Crippen LogP contribution is 2.17. The van der Waals surface area contributed by atoms with Gasteiger partial charge in [-0.05, 0) is 18.2 Å². The number of hydrogen-bond donors (Lipinski definition) is 2. The lowest BCUT2D eigenvalue weighted by atomic mass is 10.2. The van der Waals surface area contributed by atoms with E-state index in [2.05, 4.69) is 10.3 Å². The van der Waals surface area contributed by atoms with Crippen molar-refractivity contribution in [2.24, 2.45) is 0 Å². The van der Waals surface area contributed by atoms with E-state index >= 15 is 0 Å². The highest BCUT2D eigenvalue weighted by Gasteiger charge is 2.11. The second-order valence-electron chi connectivity index (χ2n) is 3.72. The van der Waals surface area contributed by atoms with Gasteiger partial charge >= 0.3 is 0 Å². The summed E-state index contributed by atoms with van der Waals surface area (Å²) >= 11 is 0. The number of nitrogens with zero attached hydrogens (tertiary/aromatic N) is 2. The van der Waals surface area contributed by atoms with Crippen molar-refractivity contribution in [2.45, 2.75) is 6.54 Å². The molecule has 18 heavy (non-hydrogen) atoms. The third-order valence-electron chi connectivity index (χ3n) is 2.42. The van der Waals surface area contributed by atoms with Crippen LogP contribution in [-0.2, 0) is 6.54 Å². The number of benzene rings is 1. The molecule has 0 atom stereocenters. The lowest BCUT2D eigenvalue weighted by Gasteiger charge is -2.07. The van der Waals surface area contributed by atoms with Crippen molar-refractivity contribution < 1.29 is 14.3 Å². The molecule has 0 bridgehead atoms. The summed E-state index contributed by atoms with van der Waals surface area (Å²) in [6.45, 7) is 0.924. The van der Waals surface area contributed by atoms with E-state index in [1.54, 1.807) is 23.3 Å². The first-order valence-corrected chi connectivity index (χ1v) is 5.39. The Labute approximate surface area is 103 Å². The summed E-state index contributed by atoms with van der Waals surface area (Å²) in [4.78, 5) is 15.5. The third kappa shape index (κ3) is 2.85. The molecule has 0 aliphatic rings. The predicted octanol–water partition coefficient (Wildman–Crippen LogP) is 1.16. The second kappa shape index (κ2) is 5.31. The minimum atomic E-state index is -0.562. The summed E-state index contributed by atoms with van der Waals surface area (Å²) in [7, 11) is 0. The Morgan fingerprint density at radius 2 is 2.33 bits per heavy atom. The number of phenolic OH excluding ortho intramolecular Hbond substituents is 1. The van der Waals surface area contributed by atoms with E-state index < -0.39 is 11.7 Å². The van der Waals surface area contributed by atoms with E-state index in [9.17, 15) is 14.3 Å². The van der Waals surface area contributed by atoms with Crippen LogP contribution in [0.1, 0.15) is 10.4 Å². The molecule has 1 amide bonds. The Kier molecular flexibility index (Phi) is 3.57. The van der Waals surface area contributed by atoms with Gasteiger partial charge in [0.15, 0.2) is 0 Å². The van der Waals surface area contributed by atoms with Crippen molar-refractivity contribution in [3.8, 4) is 5.75 Å². The van der Waals surface area contributed by atoms with Gasteiger partial charge in [-0.25, -0.2) is 9.37 Å². The lowest BCUT2D eigenvalue weighted by Crippen LogP contribution is -2.27. The zero-order valence-corrected chi connectivity index (χ0v) is 9.51. The van der Waals surface area contributed by atoms with Gasteiger partial charge in [0.05, 0.1) is 11.9 Å². The van der Waals surface area contributed by atoms with E-state index in [1.165, 1.54) is 0 Å². The van der Waals surface area contributed by atoms with Crippen LogP contribution >= 0.6 is 0 Å². The number of carbonyl (C=O) groups excluding carboxylic acids is 1. The first-order valence-electron chi connectivity index (χ1n) is 5.39. The van der Waals surface area contributed by atoms with E-state index in [0.717, 1.165) is 18.2 Å². The maximum Gasteiger partial charge on any atom is 0.255 e. The van der Waals surface area contributed by atoms with Crippen LogP contribution in [0.4, 0.5) is 4.39 Å². The maximum absolute atomic E-state index is 12.9. The molecule has 0 aliphatic carbocycles. The molecule has 0 aliphatic heterocycles. The van der Waals surface area contributed by atoms with Gasteiger partial charge in [-0.1, -0.05) is 0 Å². The van der Waals surface area contributed by atoms with Crippen molar-refractivity contribution >= 4 is 5.91 Å². The molecule has 0 spiro atoms. The first kappa shape index (κ1) is 12.1. The normalized spacial score (nSPS) is 10.3. The van der Waals surface area contributed by atoms with Gasteiger partial charge in [0.2, 0.25) is 0 Å². The van der Waals surface area contributed by atoms with Crippen molar-refractivity contribution in [1.29, 1.82) is 0 Å². The number of aromatic nitrogens is 2. The average Bonchev–Trinajstić information content (AvgIpc) is 2.85. The standard InChI is InChI=1S/C12H12FN3O2/c13-9-1-2-11(17)10(7-9)12(18)15-4-6-16-5-3-14-8-16/h1-3,5,7-8,17H,4,6H2,(H,15,18). The van der Waals surface area contributed by atoms with Crippen LogP contribution in [0.5, 0.6) is 5.75 Å². The van der Waals surface area contributed by atoms with Crippen molar-refractivity contribution in [3.63, 3.8) is 0 Å². The number of amides is 1. The Morgan fingerprint density at radius 1 is 1.50 bits per heavy atom. The van der Waals surface area contributed by atoms with Gasteiger partial charge in [0, 0.05) is 25.5 Å². The predicted molar refractivity (Wildman–Crippen MR) is 62.6 cm³/mol. The first-order chi connectivity index (χ1) is 8.66. The Bertz CT molecular complexity index is 540. The summed E-state index contributed by atoms with van der Waals surface area (Å²) in [5.41, 5.74) is -0.0689. The van der Waals surface area contributed by atoms with Gasteiger partial charge in [-0.15, -0.1) is 0 Å². The number of hydrogen-bond acceptors (Lipinski definition) is 3. The van der Waals surface area contributed by atoms with Crippen LogP contribution in [0.25, 0.3) is 0 Å². The molecular weight excluding hydrogens is 237 g/mol. The molecule has 1 aromatic heterocycles. The molecule has 0 radical (unpaired) electrons. The van der Waals surface area contributed by atoms with Crippen LogP contribution in [0.15, 0.2) is 36.9 Å². The maximum atomic E-state index is 12.9. The number of carbonyl (C=O) groups is 1. The van der Waals surface area contributed by atoms with E-state index in [-0.39, 0.29) is 11.3 Å². The van der Waals surface area contributed by atoms with E-state index in [0.29, 0.717) is 13.1 Å². The number of halogens is 1. The number of aromatic hydroxyl groups is 1. The number of nitrogens with one attached hydrogen (secondary N) is 1. The number of phenols is 1. The molecule has 0 unspecified atom stereocenters. The molecule has 1 heterocycles. The molecule has 0 saturated carbocycles.